The van der Waals surface area contributed by atoms with Crippen LogP contribution in [0.2, 0.25) is 5.02 Å². The number of hydrazone groups is 1. The molecule has 0 unspecified atom stereocenters. The quantitative estimate of drug-likeness (QED) is 0.344. The molecule has 10 heteroatoms. The first-order valence-corrected chi connectivity index (χ1v) is 11.9. The predicted octanol–water partition coefficient (Wildman–Crippen LogP) is 3.69. The summed E-state index contributed by atoms with van der Waals surface area (Å²) in [6, 6.07) is 19.1. The second kappa shape index (κ2) is 11.1. The monoisotopic (exact) mass is 499 g/mol. The number of carboxylic acid groups (broad SMARTS) is 1. The van der Waals surface area contributed by atoms with Crippen LogP contribution in [0.5, 0.6) is 0 Å². The molecule has 3 aromatic rings. The van der Waals surface area contributed by atoms with Crippen LogP contribution in [-0.2, 0) is 21.4 Å². The highest BCUT2D eigenvalue weighted by Crippen LogP contribution is 2.20. The maximum absolute atomic E-state index is 13.3. The maximum atomic E-state index is 13.3. The fourth-order valence-electron chi connectivity index (χ4n) is 3.05. The number of benzene rings is 3. The minimum absolute atomic E-state index is 0.00398. The van der Waals surface area contributed by atoms with E-state index >= 15 is 0 Å². The van der Waals surface area contributed by atoms with Crippen LogP contribution in [-0.4, -0.2) is 42.5 Å². The van der Waals surface area contributed by atoms with Gasteiger partial charge in [-0.3, -0.25) is 4.79 Å². The number of aryl methyl sites for hydroxylation is 1. The fourth-order valence-corrected chi connectivity index (χ4v) is 4.56. The summed E-state index contributed by atoms with van der Waals surface area (Å²) < 4.78 is 27.6. The highest BCUT2D eigenvalue weighted by Gasteiger charge is 2.27. The molecule has 0 atom stereocenters. The van der Waals surface area contributed by atoms with Crippen molar-refractivity contribution < 1.29 is 23.1 Å². The second-order valence-corrected chi connectivity index (χ2v) is 9.77. The molecule has 0 bridgehead atoms. The molecule has 8 nitrogen and oxygen atoms in total. The number of carbonyl (C=O) groups excluding carboxylic acids is 1. The molecule has 0 aliphatic carbocycles. The van der Waals surface area contributed by atoms with Crippen molar-refractivity contribution in [2.45, 2.75) is 18.4 Å². The lowest BCUT2D eigenvalue weighted by atomic mass is 10.1. The highest BCUT2D eigenvalue weighted by molar-refractivity contribution is 7.89. The van der Waals surface area contributed by atoms with E-state index in [0.29, 0.717) is 16.1 Å². The number of nitrogens with zero attached hydrogens (tertiary/aromatic N) is 2. The Morgan fingerprint density at radius 3 is 2.32 bits per heavy atom. The lowest BCUT2D eigenvalue weighted by molar-refractivity contribution is -0.121. The zero-order valence-electron chi connectivity index (χ0n) is 18.2. The Bertz CT molecular complexity index is 1310. The SMILES string of the molecule is Cc1ccc(CN(CC(=O)N/N=C\c2ccccc2C(=O)O)S(=O)(=O)c2ccc(Cl)cc2)cc1. The predicted molar refractivity (Wildman–Crippen MR) is 129 cm³/mol. The molecule has 2 N–H and O–H groups in total. The molecule has 0 aliphatic heterocycles. The van der Waals surface area contributed by atoms with Gasteiger partial charge >= 0.3 is 5.97 Å². The molecule has 0 aromatic heterocycles. The molecular formula is C24H22ClN3O5S. The van der Waals surface area contributed by atoms with Crippen molar-refractivity contribution >= 4 is 39.7 Å². The van der Waals surface area contributed by atoms with Crippen LogP contribution in [0, 0.1) is 6.92 Å². The lowest BCUT2D eigenvalue weighted by Crippen LogP contribution is -2.39. The summed E-state index contributed by atoms with van der Waals surface area (Å²) >= 11 is 5.88. The van der Waals surface area contributed by atoms with Crippen molar-refractivity contribution in [3.8, 4) is 0 Å². The number of rotatable bonds is 9. The normalized spacial score (nSPS) is 11.6. The van der Waals surface area contributed by atoms with Gasteiger partial charge in [0.1, 0.15) is 0 Å². The maximum Gasteiger partial charge on any atom is 0.336 e. The number of carbonyl (C=O) groups is 2. The third-order valence-corrected chi connectivity index (χ3v) is 6.89. The summed E-state index contributed by atoms with van der Waals surface area (Å²) in [7, 11) is -4.03. The van der Waals surface area contributed by atoms with Gasteiger partial charge in [0.25, 0.3) is 5.91 Å². The molecule has 0 radical (unpaired) electrons. The van der Waals surface area contributed by atoms with Crippen LogP contribution in [0.25, 0.3) is 0 Å². The van der Waals surface area contributed by atoms with E-state index in [9.17, 15) is 23.1 Å². The van der Waals surface area contributed by atoms with E-state index in [2.05, 4.69) is 10.5 Å². The Labute approximate surface area is 202 Å². The van der Waals surface area contributed by atoms with Gasteiger partial charge < -0.3 is 5.11 Å². The van der Waals surface area contributed by atoms with Crippen molar-refractivity contribution in [3.63, 3.8) is 0 Å². The summed E-state index contributed by atoms with van der Waals surface area (Å²) in [5.74, 6) is -1.82. The molecule has 3 aromatic carbocycles. The van der Waals surface area contributed by atoms with Gasteiger partial charge in [0, 0.05) is 17.1 Å². The minimum atomic E-state index is -4.03. The molecule has 3 rings (SSSR count). The van der Waals surface area contributed by atoms with E-state index in [-0.39, 0.29) is 17.0 Å². The number of hydrogen-bond donors (Lipinski definition) is 2. The van der Waals surface area contributed by atoms with Crippen LogP contribution in [0.4, 0.5) is 0 Å². The van der Waals surface area contributed by atoms with Gasteiger partial charge in [-0.1, -0.05) is 59.6 Å². The number of hydrogen-bond acceptors (Lipinski definition) is 5. The number of nitrogens with one attached hydrogen (secondary N) is 1. The Morgan fingerprint density at radius 2 is 1.68 bits per heavy atom. The van der Waals surface area contributed by atoms with E-state index in [4.69, 9.17) is 11.6 Å². The van der Waals surface area contributed by atoms with Crippen molar-refractivity contribution in [2.24, 2.45) is 5.10 Å². The van der Waals surface area contributed by atoms with E-state index in [1.54, 1.807) is 24.3 Å². The molecule has 0 saturated heterocycles. The van der Waals surface area contributed by atoms with Gasteiger partial charge in [0.2, 0.25) is 10.0 Å². The van der Waals surface area contributed by atoms with Crippen molar-refractivity contribution in [1.82, 2.24) is 9.73 Å². The van der Waals surface area contributed by atoms with E-state index < -0.39 is 28.4 Å². The zero-order chi connectivity index (χ0) is 24.7. The Kier molecular flexibility index (Phi) is 8.17. The second-order valence-electron chi connectivity index (χ2n) is 7.40. The smallest absolute Gasteiger partial charge is 0.336 e. The topological polar surface area (TPSA) is 116 Å². The first kappa shape index (κ1) is 25.1. The molecule has 1 amide bonds. The van der Waals surface area contributed by atoms with Crippen LogP contribution >= 0.6 is 11.6 Å². The van der Waals surface area contributed by atoms with Crippen molar-refractivity contribution in [1.29, 1.82) is 0 Å². The average Bonchev–Trinajstić information content (AvgIpc) is 2.80. The Balaban J connectivity index is 1.80. The van der Waals surface area contributed by atoms with Gasteiger partial charge in [-0.05, 0) is 42.8 Å². The van der Waals surface area contributed by atoms with Gasteiger partial charge in [-0.15, -0.1) is 0 Å². The molecule has 0 heterocycles. The summed E-state index contributed by atoms with van der Waals surface area (Å²) in [4.78, 5) is 23.9. The van der Waals surface area contributed by atoms with Gasteiger partial charge in [-0.2, -0.15) is 9.41 Å². The highest BCUT2D eigenvalue weighted by atomic mass is 35.5. The Hall–Kier alpha value is -3.53. The zero-order valence-corrected chi connectivity index (χ0v) is 19.8. The molecule has 0 fully saturated rings. The molecule has 0 spiro atoms. The van der Waals surface area contributed by atoms with Crippen molar-refractivity contribution in [2.75, 3.05) is 6.54 Å². The molecule has 34 heavy (non-hydrogen) atoms. The molecule has 0 aliphatic rings. The van der Waals surface area contributed by atoms with Crippen molar-refractivity contribution in [3.05, 3.63) is 100 Å². The summed E-state index contributed by atoms with van der Waals surface area (Å²) in [5.41, 5.74) is 4.30. The average molecular weight is 500 g/mol. The first-order valence-electron chi connectivity index (χ1n) is 10.1. The van der Waals surface area contributed by atoms with E-state index in [0.717, 1.165) is 9.87 Å². The number of halogens is 1. The number of amides is 1. The van der Waals surface area contributed by atoms with Crippen LogP contribution in [0.15, 0.2) is 82.8 Å². The standard InChI is InChI=1S/C24H22ClN3O5S/c1-17-6-8-18(9-7-17)15-28(34(32,33)21-12-10-20(25)11-13-21)16-23(29)27-26-14-19-4-2-3-5-22(19)24(30)31/h2-14H,15-16H2,1H3,(H,27,29)(H,30,31)/b26-14-. The number of aromatic carboxylic acids is 1. The Morgan fingerprint density at radius 1 is 1.03 bits per heavy atom. The number of carboxylic acids is 1. The largest absolute Gasteiger partial charge is 0.478 e. The third-order valence-electron chi connectivity index (χ3n) is 4.83. The van der Waals surface area contributed by atoms with E-state index in [1.807, 2.05) is 19.1 Å². The summed E-state index contributed by atoms with van der Waals surface area (Å²) in [6.07, 6.45) is 1.19. The van der Waals surface area contributed by atoms with Crippen LogP contribution < -0.4 is 5.43 Å². The van der Waals surface area contributed by atoms with Crippen LogP contribution in [0.3, 0.4) is 0 Å². The van der Waals surface area contributed by atoms with Gasteiger partial charge in [0.15, 0.2) is 0 Å². The lowest BCUT2D eigenvalue weighted by Gasteiger charge is -2.21. The fraction of sp³-hybridized carbons (Fsp3) is 0.125. The third kappa shape index (κ3) is 6.50. The molecule has 0 saturated carbocycles. The molecular weight excluding hydrogens is 478 g/mol. The summed E-state index contributed by atoms with van der Waals surface area (Å²) in [5, 5.41) is 13.4. The minimum Gasteiger partial charge on any atom is -0.478 e. The van der Waals surface area contributed by atoms with Gasteiger partial charge in [-0.25, -0.2) is 18.6 Å². The van der Waals surface area contributed by atoms with Crippen LogP contribution in [0.1, 0.15) is 27.0 Å². The summed E-state index contributed by atoms with van der Waals surface area (Å²) in [6.45, 7) is 1.38. The number of sulfonamides is 1. The first-order chi connectivity index (χ1) is 16.2. The molecule has 176 valence electrons. The van der Waals surface area contributed by atoms with Gasteiger partial charge in [0.05, 0.1) is 23.2 Å². The van der Waals surface area contributed by atoms with E-state index in [1.165, 1.54) is 42.6 Å².